The fourth-order valence-electron chi connectivity index (χ4n) is 3.09. The number of aryl methyl sites for hydroxylation is 1. The van der Waals surface area contributed by atoms with Crippen molar-refractivity contribution >= 4 is 38.5 Å². The van der Waals surface area contributed by atoms with Crippen LogP contribution in [-0.2, 0) is 4.79 Å². The standard InChI is InChI=1S/C17H16BrN3O2/c1-10-2-3-13-15(14(10)18)20-9-12(8-19)16(13)21-6-4-11(5-7-21)17(22)23/h2-3,9,11H,4-7H2,1H3,(H,22,23). The summed E-state index contributed by atoms with van der Waals surface area (Å²) < 4.78 is 0.932. The Morgan fingerprint density at radius 3 is 2.74 bits per heavy atom. The number of hydrogen-bond donors (Lipinski definition) is 1. The number of carboxylic acid groups (broad SMARTS) is 1. The van der Waals surface area contributed by atoms with Crippen LogP contribution >= 0.6 is 15.9 Å². The number of piperidine rings is 1. The molecule has 0 radical (unpaired) electrons. The van der Waals surface area contributed by atoms with Crippen LogP contribution in [0.4, 0.5) is 5.69 Å². The molecule has 1 aromatic heterocycles. The number of hydrogen-bond acceptors (Lipinski definition) is 4. The Bertz CT molecular complexity index is 821. The van der Waals surface area contributed by atoms with Gasteiger partial charge in [0.15, 0.2) is 0 Å². The number of rotatable bonds is 2. The predicted octanol–water partition coefficient (Wildman–Crippen LogP) is 3.48. The second-order valence-corrected chi connectivity index (χ2v) is 6.62. The van der Waals surface area contributed by atoms with Crippen LogP contribution in [0.25, 0.3) is 10.9 Å². The second kappa shape index (κ2) is 6.17. The molecule has 1 aliphatic rings. The van der Waals surface area contributed by atoms with Gasteiger partial charge in [-0.2, -0.15) is 5.26 Å². The van der Waals surface area contributed by atoms with Crippen molar-refractivity contribution in [2.75, 3.05) is 18.0 Å². The van der Waals surface area contributed by atoms with E-state index in [9.17, 15) is 10.1 Å². The first kappa shape index (κ1) is 15.8. The average Bonchev–Trinajstić information content (AvgIpc) is 2.57. The maximum atomic E-state index is 11.1. The van der Waals surface area contributed by atoms with Gasteiger partial charge in [-0.25, -0.2) is 0 Å². The van der Waals surface area contributed by atoms with Crippen molar-refractivity contribution in [3.63, 3.8) is 0 Å². The van der Waals surface area contributed by atoms with Gasteiger partial charge in [0.25, 0.3) is 0 Å². The number of benzene rings is 1. The van der Waals surface area contributed by atoms with Gasteiger partial charge in [-0.05, 0) is 41.3 Å². The van der Waals surface area contributed by atoms with E-state index in [1.807, 2.05) is 19.1 Å². The van der Waals surface area contributed by atoms with Gasteiger partial charge in [-0.15, -0.1) is 0 Å². The Morgan fingerprint density at radius 1 is 1.43 bits per heavy atom. The Labute approximate surface area is 142 Å². The maximum absolute atomic E-state index is 11.1. The summed E-state index contributed by atoms with van der Waals surface area (Å²) >= 11 is 3.57. The molecule has 1 N–H and O–H groups in total. The van der Waals surface area contributed by atoms with Crippen LogP contribution in [0.1, 0.15) is 24.0 Å². The van der Waals surface area contributed by atoms with Crippen molar-refractivity contribution in [3.8, 4) is 6.07 Å². The lowest BCUT2D eigenvalue weighted by molar-refractivity contribution is -0.142. The van der Waals surface area contributed by atoms with Crippen LogP contribution in [0.15, 0.2) is 22.8 Å². The molecule has 0 unspecified atom stereocenters. The zero-order valence-corrected chi connectivity index (χ0v) is 14.3. The molecule has 0 aliphatic carbocycles. The van der Waals surface area contributed by atoms with Gasteiger partial charge in [-0.1, -0.05) is 12.1 Å². The first-order valence-electron chi connectivity index (χ1n) is 7.48. The molecule has 0 atom stereocenters. The highest BCUT2D eigenvalue weighted by Crippen LogP contribution is 2.36. The van der Waals surface area contributed by atoms with Crippen molar-refractivity contribution < 1.29 is 9.90 Å². The number of fused-ring (bicyclic) bond motifs is 1. The van der Waals surface area contributed by atoms with E-state index >= 15 is 0 Å². The first-order valence-corrected chi connectivity index (χ1v) is 8.28. The minimum atomic E-state index is -0.733. The van der Waals surface area contributed by atoms with Crippen molar-refractivity contribution in [2.24, 2.45) is 5.92 Å². The van der Waals surface area contributed by atoms with Gasteiger partial charge in [0.1, 0.15) is 6.07 Å². The van der Waals surface area contributed by atoms with Crippen molar-refractivity contribution in [1.82, 2.24) is 4.98 Å². The van der Waals surface area contributed by atoms with E-state index in [4.69, 9.17) is 5.11 Å². The Morgan fingerprint density at radius 2 is 2.13 bits per heavy atom. The third-order valence-corrected chi connectivity index (χ3v) is 5.42. The minimum absolute atomic E-state index is 0.293. The number of halogens is 1. The van der Waals surface area contributed by atoms with E-state index in [1.165, 1.54) is 0 Å². The molecule has 23 heavy (non-hydrogen) atoms. The van der Waals surface area contributed by atoms with Crippen LogP contribution in [0.2, 0.25) is 0 Å². The number of aromatic nitrogens is 1. The van der Waals surface area contributed by atoms with Gasteiger partial charge in [0.2, 0.25) is 0 Å². The zero-order chi connectivity index (χ0) is 16.6. The largest absolute Gasteiger partial charge is 0.481 e. The second-order valence-electron chi connectivity index (χ2n) is 5.82. The number of aliphatic carboxylic acids is 1. The van der Waals surface area contributed by atoms with Crippen molar-refractivity contribution in [1.29, 1.82) is 5.26 Å². The lowest BCUT2D eigenvalue weighted by atomic mass is 9.95. The van der Waals surface area contributed by atoms with Gasteiger partial charge >= 0.3 is 5.97 Å². The molecule has 0 spiro atoms. The number of carbonyl (C=O) groups is 1. The van der Waals surface area contributed by atoms with Gasteiger partial charge in [0, 0.05) is 29.1 Å². The van der Waals surface area contributed by atoms with E-state index in [0.29, 0.717) is 31.5 Å². The van der Waals surface area contributed by atoms with Crippen LogP contribution in [0.3, 0.4) is 0 Å². The molecule has 1 aromatic carbocycles. The summed E-state index contributed by atoms with van der Waals surface area (Å²) in [4.78, 5) is 17.7. The topological polar surface area (TPSA) is 77.2 Å². The Balaban J connectivity index is 2.08. The molecule has 2 heterocycles. The fraction of sp³-hybridized carbons (Fsp3) is 0.353. The zero-order valence-electron chi connectivity index (χ0n) is 12.7. The Hall–Kier alpha value is -2.13. The summed E-state index contributed by atoms with van der Waals surface area (Å²) in [7, 11) is 0. The van der Waals surface area contributed by atoms with Crippen LogP contribution in [0, 0.1) is 24.2 Å². The van der Waals surface area contributed by atoms with Gasteiger partial charge < -0.3 is 10.0 Å². The number of carboxylic acids is 1. The number of nitrogens with zero attached hydrogens (tertiary/aromatic N) is 3. The number of anilines is 1. The molecule has 6 heteroatoms. The molecule has 0 saturated carbocycles. The molecule has 2 aromatic rings. The highest BCUT2D eigenvalue weighted by Gasteiger charge is 2.27. The molecule has 1 fully saturated rings. The van der Waals surface area contributed by atoms with E-state index < -0.39 is 5.97 Å². The highest BCUT2D eigenvalue weighted by molar-refractivity contribution is 9.10. The lowest BCUT2D eigenvalue weighted by Crippen LogP contribution is -2.36. The predicted molar refractivity (Wildman–Crippen MR) is 91.5 cm³/mol. The smallest absolute Gasteiger partial charge is 0.306 e. The molecule has 5 nitrogen and oxygen atoms in total. The molecular weight excluding hydrogens is 358 g/mol. The monoisotopic (exact) mass is 373 g/mol. The summed E-state index contributed by atoms with van der Waals surface area (Å²) in [5, 5.41) is 19.5. The van der Waals surface area contributed by atoms with Crippen molar-refractivity contribution in [2.45, 2.75) is 19.8 Å². The number of pyridine rings is 1. The lowest BCUT2D eigenvalue weighted by Gasteiger charge is -2.33. The van der Waals surface area contributed by atoms with E-state index in [-0.39, 0.29) is 5.92 Å². The maximum Gasteiger partial charge on any atom is 0.306 e. The van der Waals surface area contributed by atoms with E-state index in [2.05, 4.69) is 31.9 Å². The van der Waals surface area contributed by atoms with Crippen molar-refractivity contribution in [3.05, 3.63) is 33.9 Å². The highest BCUT2D eigenvalue weighted by atomic mass is 79.9. The summed E-state index contributed by atoms with van der Waals surface area (Å²) in [6.07, 6.45) is 2.79. The SMILES string of the molecule is Cc1ccc2c(N3CCC(C(=O)O)CC3)c(C#N)cnc2c1Br. The summed E-state index contributed by atoms with van der Waals surface area (Å²) in [6.45, 7) is 3.27. The van der Waals surface area contributed by atoms with E-state index in [1.54, 1.807) is 6.20 Å². The van der Waals surface area contributed by atoms with Crippen LogP contribution in [-0.4, -0.2) is 29.1 Å². The summed E-state index contributed by atoms with van der Waals surface area (Å²) in [5.41, 5.74) is 3.31. The minimum Gasteiger partial charge on any atom is -0.481 e. The molecule has 1 aliphatic heterocycles. The summed E-state index contributed by atoms with van der Waals surface area (Å²) in [6, 6.07) is 6.21. The third kappa shape index (κ3) is 2.77. The Kier molecular flexibility index (Phi) is 4.22. The third-order valence-electron chi connectivity index (χ3n) is 4.42. The molecule has 118 valence electrons. The van der Waals surface area contributed by atoms with Gasteiger partial charge in [-0.3, -0.25) is 9.78 Å². The first-order chi connectivity index (χ1) is 11.0. The van der Waals surface area contributed by atoms with Crippen LogP contribution < -0.4 is 4.90 Å². The number of nitriles is 1. The molecule has 3 rings (SSSR count). The molecule has 0 amide bonds. The quantitative estimate of drug-likeness (QED) is 0.871. The summed E-state index contributed by atoms with van der Waals surface area (Å²) in [5.74, 6) is -1.03. The normalized spacial score (nSPS) is 15.6. The average molecular weight is 374 g/mol. The molecule has 0 bridgehead atoms. The van der Waals surface area contributed by atoms with Crippen LogP contribution in [0.5, 0.6) is 0 Å². The van der Waals surface area contributed by atoms with E-state index in [0.717, 1.165) is 26.6 Å². The molecular formula is C17H16BrN3O2. The molecule has 1 saturated heterocycles. The van der Waals surface area contributed by atoms with Gasteiger partial charge in [0.05, 0.1) is 22.7 Å². The fourth-order valence-corrected chi connectivity index (χ4v) is 3.54.